The average molecular weight is 263 g/mol. The molecule has 1 aromatic heterocycles. The first-order chi connectivity index (χ1) is 7.26. The van der Waals surface area contributed by atoms with Crippen molar-refractivity contribution in [1.82, 2.24) is 10.2 Å². The molecule has 1 N–H and O–H groups in total. The third kappa shape index (κ3) is 4.46. The molecule has 0 radical (unpaired) electrons. The van der Waals surface area contributed by atoms with E-state index in [0.717, 1.165) is 0 Å². The van der Waals surface area contributed by atoms with Gasteiger partial charge < -0.3 is 5.32 Å². The van der Waals surface area contributed by atoms with Crippen molar-refractivity contribution in [2.24, 2.45) is 0 Å². The largest absolute Gasteiger partial charge is 0.300 e. The van der Waals surface area contributed by atoms with Gasteiger partial charge in [-0.1, -0.05) is 23.1 Å². The number of nitrogens with zero attached hydrogens (tertiary/aromatic N) is 3. The fourth-order valence-corrected chi connectivity index (χ4v) is 2.28. The van der Waals surface area contributed by atoms with Gasteiger partial charge in [0.05, 0.1) is 11.8 Å². The molecular weight excluding hydrogens is 256 g/mol. The molecule has 0 bridgehead atoms. The summed E-state index contributed by atoms with van der Waals surface area (Å²) in [4.78, 5) is 11.1. The van der Waals surface area contributed by atoms with Crippen LogP contribution in [0.15, 0.2) is 4.34 Å². The number of hydrogen-bond donors (Lipinski definition) is 1. The van der Waals surface area contributed by atoms with Gasteiger partial charge in [-0.2, -0.15) is 5.26 Å². The summed E-state index contributed by atoms with van der Waals surface area (Å²) < 4.78 is 0.665. The van der Waals surface area contributed by atoms with E-state index in [1.807, 2.05) is 6.07 Å². The van der Waals surface area contributed by atoms with E-state index in [-0.39, 0.29) is 18.2 Å². The molecular formula is C7H7ClN4OS2. The maximum absolute atomic E-state index is 11.1. The van der Waals surface area contributed by atoms with Gasteiger partial charge in [-0.3, -0.25) is 4.79 Å². The van der Waals surface area contributed by atoms with Crippen LogP contribution in [0, 0.1) is 11.3 Å². The van der Waals surface area contributed by atoms with Crippen molar-refractivity contribution in [3.8, 4) is 6.07 Å². The minimum Gasteiger partial charge on any atom is -0.300 e. The number of halogens is 1. The van der Waals surface area contributed by atoms with Gasteiger partial charge in [0.25, 0.3) is 0 Å². The van der Waals surface area contributed by atoms with Gasteiger partial charge in [0.1, 0.15) is 0 Å². The van der Waals surface area contributed by atoms with Gasteiger partial charge >= 0.3 is 0 Å². The van der Waals surface area contributed by atoms with Crippen LogP contribution in [-0.4, -0.2) is 27.7 Å². The number of rotatable bonds is 5. The van der Waals surface area contributed by atoms with Crippen molar-refractivity contribution >= 4 is 45.7 Å². The van der Waals surface area contributed by atoms with Crippen LogP contribution in [0.1, 0.15) is 6.42 Å². The minimum absolute atomic E-state index is 0.182. The van der Waals surface area contributed by atoms with Gasteiger partial charge in [-0.15, -0.1) is 21.8 Å². The number of amides is 1. The van der Waals surface area contributed by atoms with Crippen molar-refractivity contribution in [3.05, 3.63) is 0 Å². The van der Waals surface area contributed by atoms with Crippen molar-refractivity contribution < 1.29 is 4.79 Å². The number of aromatic nitrogens is 2. The second-order valence-electron chi connectivity index (χ2n) is 2.31. The normalized spacial score (nSPS) is 9.60. The minimum atomic E-state index is -0.182. The van der Waals surface area contributed by atoms with Crippen molar-refractivity contribution in [1.29, 1.82) is 5.26 Å². The molecule has 0 aliphatic carbocycles. The summed E-state index contributed by atoms with van der Waals surface area (Å²) in [7, 11) is 0. The molecule has 8 heteroatoms. The molecule has 5 nitrogen and oxygen atoms in total. The van der Waals surface area contributed by atoms with E-state index >= 15 is 0 Å². The van der Waals surface area contributed by atoms with Gasteiger partial charge in [-0.25, -0.2) is 0 Å². The number of thioether (sulfide) groups is 1. The summed E-state index contributed by atoms with van der Waals surface area (Å²) in [6, 6.07) is 1.98. The Morgan fingerprint density at radius 2 is 2.47 bits per heavy atom. The van der Waals surface area contributed by atoms with Crippen molar-refractivity contribution in [2.45, 2.75) is 10.8 Å². The lowest BCUT2D eigenvalue weighted by atomic mass is 10.5. The monoisotopic (exact) mass is 262 g/mol. The Kier molecular flexibility index (Phi) is 5.39. The predicted octanol–water partition coefficient (Wildman–Crippen LogP) is 1.72. The highest BCUT2D eigenvalue weighted by molar-refractivity contribution is 8.01. The topological polar surface area (TPSA) is 78.7 Å². The van der Waals surface area contributed by atoms with E-state index < -0.39 is 0 Å². The first kappa shape index (κ1) is 12.2. The van der Waals surface area contributed by atoms with Gasteiger partial charge in [0.2, 0.25) is 11.0 Å². The maximum atomic E-state index is 11.1. The maximum Gasteiger partial charge on any atom is 0.227 e. The number of nitriles is 1. The van der Waals surface area contributed by atoms with E-state index in [4.69, 9.17) is 16.9 Å². The average Bonchev–Trinajstić information content (AvgIpc) is 2.63. The number of hydrogen-bond acceptors (Lipinski definition) is 6. The molecule has 0 atom stereocenters. The molecule has 0 aliphatic heterocycles. The van der Waals surface area contributed by atoms with Crippen LogP contribution in [0.25, 0.3) is 0 Å². The molecule has 1 rings (SSSR count). The number of anilines is 1. The molecule has 0 saturated carbocycles. The fraction of sp³-hybridized carbons (Fsp3) is 0.429. The highest BCUT2D eigenvalue weighted by Gasteiger charge is 2.07. The molecule has 15 heavy (non-hydrogen) atoms. The molecule has 0 saturated heterocycles. The molecule has 1 amide bonds. The molecule has 1 heterocycles. The second kappa shape index (κ2) is 6.61. The van der Waals surface area contributed by atoms with Crippen LogP contribution in [0.4, 0.5) is 5.13 Å². The van der Waals surface area contributed by atoms with Crippen LogP contribution in [-0.2, 0) is 4.79 Å². The van der Waals surface area contributed by atoms with E-state index in [1.165, 1.54) is 23.1 Å². The lowest BCUT2D eigenvalue weighted by molar-refractivity contribution is -0.115. The summed E-state index contributed by atoms with van der Waals surface area (Å²) in [5.41, 5.74) is 0. The Labute approximate surface area is 99.8 Å². The molecule has 1 aromatic rings. The van der Waals surface area contributed by atoms with Crippen LogP contribution < -0.4 is 5.32 Å². The van der Waals surface area contributed by atoms with Crippen LogP contribution in [0.5, 0.6) is 0 Å². The first-order valence-electron chi connectivity index (χ1n) is 3.95. The summed E-state index contributed by atoms with van der Waals surface area (Å²) in [6.45, 7) is 0. The smallest absolute Gasteiger partial charge is 0.227 e. The third-order valence-electron chi connectivity index (χ3n) is 1.23. The molecule has 0 aromatic carbocycles. The van der Waals surface area contributed by atoms with E-state index in [9.17, 15) is 4.79 Å². The van der Waals surface area contributed by atoms with Crippen molar-refractivity contribution in [2.75, 3.05) is 16.9 Å². The van der Waals surface area contributed by atoms with E-state index in [2.05, 4.69) is 15.5 Å². The van der Waals surface area contributed by atoms with Crippen molar-refractivity contribution in [3.63, 3.8) is 0 Å². The predicted molar refractivity (Wildman–Crippen MR) is 60.2 cm³/mol. The number of alkyl halides is 1. The Morgan fingerprint density at radius 1 is 1.67 bits per heavy atom. The Morgan fingerprint density at radius 3 is 3.13 bits per heavy atom. The highest BCUT2D eigenvalue weighted by Crippen LogP contribution is 2.24. The zero-order chi connectivity index (χ0) is 11.1. The molecule has 0 unspecified atom stereocenters. The summed E-state index contributed by atoms with van der Waals surface area (Å²) >= 11 is 7.93. The van der Waals surface area contributed by atoms with Gasteiger partial charge in [-0.05, 0) is 0 Å². The van der Waals surface area contributed by atoms with Gasteiger partial charge in [0.15, 0.2) is 4.34 Å². The lowest BCUT2D eigenvalue weighted by Gasteiger charge is -1.95. The molecule has 80 valence electrons. The van der Waals surface area contributed by atoms with Crippen LogP contribution >= 0.6 is 34.7 Å². The number of carbonyl (C=O) groups is 1. The standard InChI is InChI=1S/C7H7ClN4OS2/c8-2-1-5(13)10-6-11-12-7(15-6)14-4-3-9/h1-2,4H2,(H,10,11,13). The summed E-state index contributed by atoms with van der Waals surface area (Å²) in [6.07, 6.45) is 0.252. The molecule has 0 spiro atoms. The third-order valence-corrected chi connectivity index (χ3v) is 3.26. The molecule has 0 aliphatic rings. The quantitative estimate of drug-likeness (QED) is 0.497. The Balaban J connectivity index is 2.46. The summed E-state index contributed by atoms with van der Waals surface area (Å²) in [5.74, 6) is 0.420. The second-order valence-corrected chi connectivity index (χ2v) is 4.89. The fourth-order valence-electron chi connectivity index (χ4n) is 0.680. The summed E-state index contributed by atoms with van der Waals surface area (Å²) in [5, 5.41) is 18.9. The van der Waals surface area contributed by atoms with Crippen LogP contribution in [0.2, 0.25) is 0 Å². The number of carbonyl (C=O) groups excluding carboxylic acids is 1. The number of nitrogens with one attached hydrogen (secondary N) is 1. The van der Waals surface area contributed by atoms with Gasteiger partial charge in [0, 0.05) is 12.3 Å². The Bertz CT molecular complexity index is 375. The zero-order valence-electron chi connectivity index (χ0n) is 7.57. The van der Waals surface area contributed by atoms with E-state index in [0.29, 0.717) is 15.2 Å². The van der Waals surface area contributed by atoms with Crippen LogP contribution in [0.3, 0.4) is 0 Å². The lowest BCUT2D eigenvalue weighted by Crippen LogP contribution is -2.11. The Hall–Kier alpha value is -0.840. The first-order valence-corrected chi connectivity index (χ1v) is 6.29. The zero-order valence-corrected chi connectivity index (χ0v) is 9.95. The SMILES string of the molecule is N#CCSc1nnc(NC(=O)CCCl)s1. The molecule has 0 fully saturated rings. The highest BCUT2D eigenvalue weighted by atomic mass is 35.5. The van der Waals surface area contributed by atoms with E-state index in [1.54, 1.807) is 0 Å².